The maximum Gasteiger partial charge on any atom is 0.303 e. The Kier molecular flexibility index (Phi) is 6.96. The molecule has 3 N–H and O–H groups in total. The van der Waals surface area contributed by atoms with Crippen molar-refractivity contribution in [2.45, 2.75) is 24.8 Å². The second-order valence-corrected chi connectivity index (χ2v) is 9.82. The molecule has 0 aliphatic carbocycles. The van der Waals surface area contributed by atoms with Gasteiger partial charge in [0.1, 0.15) is 5.75 Å². The highest BCUT2D eigenvalue weighted by molar-refractivity contribution is 7.87. The average molecular weight is 471 g/mol. The standard InChI is InChI=1S/C23H30N6O3S/c1-25-23(27-33(30,31)28-14-12-19(24)13-15-28)29-16-21(17-6-4-3-5-7-17)22(26-29)18-8-10-20(32-2)11-9-18/h3-11,19,21H,12-16,24H2,1-2H3,(H,25,27). The van der Waals surface area contributed by atoms with Crippen LogP contribution in [0.5, 0.6) is 5.75 Å². The molecule has 0 radical (unpaired) electrons. The molecule has 1 atom stereocenters. The van der Waals surface area contributed by atoms with E-state index in [9.17, 15) is 8.42 Å². The second-order valence-electron chi connectivity index (χ2n) is 8.15. The van der Waals surface area contributed by atoms with Crippen molar-refractivity contribution in [2.75, 3.05) is 33.8 Å². The zero-order valence-corrected chi connectivity index (χ0v) is 19.7. The van der Waals surface area contributed by atoms with Gasteiger partial charge in [-0.25, -0.2) is 9.73 Å². The smallest absolute Gasteiger partial charge is 0.303 e. The summed E-state index contributed by atoms with van der Waals surface area (Å²) in [4.78, 5) is 4.22. The molecule has 2 aliphatic rings. The molecule has 176 valence electrons. The van der Waals surface area contributed by atoms with E-state index >= 15 is 0 Å². The third-order valence-electron chi connectivity index (χ3n) is 6.02. The fraction of sp³-hybridized carbons (Fsp3) is 0.391. The van der Waals surface area contributed by atoms with E-state index in [1.54, 1.807) is 19.2 Å². The number of nitrogens with zero attached hydrogens (tertiary/aromatic N) is 4. The molecule has 2 aromatic carbocycles. The number of nitrogens with two attached hydrogens (primary N) is 1. The fourth-order valence-corrected chi connectivity index (χ4v) is 5.36. The van der Waals surface area contributed by atoms with Gasteiger partial charge in [0, 0.05) is 32.1 Å². The van der Waals surface area contributed by atoms with Crippen LogP contribution in [0.15, 0.2) is 64.7 Å². The number of guanidine groups is 1. The summed E-state index contributed by atoms with van der Waals surface area (Å²) < 4.78 is 35.3. The normalized spacial score (nSPS) is 20.6. The quantitative estimate of drug-likeness (QED) is 0.511. The van der Waals surface area contributed by atoms with Gasteiger partial charge in [-0.05, 0) is 48.2 Å². The molecular weight excluding hydrogens is 440 g/mol. The van der Waals surface area contributed by atoms with Crippen LogP contribution < -0.4 is 15.2 Å². The highest BCUT2D eigenvalue weighted by Gasteiger charge is 2.34. The first-order chi connectivity index (χ1) is 15.9. The molecule has 2 heterocycles. The Labute approximate surface area is 195 Å². The number of benzene rings is 2. The number of methoxy groups -OCH3 is 1. The molecular formula is C23H30N6O3S. The van der Waals surface area contributed by atoms with Crippen LogP contribution in [0.4, 0.5) is 0 Å². The van der Waals surface area contributed by atoms with Gasteiger partial charge >= 0.3 is 10.2 Å². The van der Waals surface area contributed by atoms with Crippen molar-refractivity contribution in [3.8, 4) is 5.75 Å². The van der Waals surface area contributed by atoms with Crippen molar-refractivity contribution in [2.24, 2.45) is 15.8 Å². The predicted molar refractivity (Wildman–Crippen MR) is 130 cm³/mol. The number of nitrogens with one attached hydrogen (secondary N) is 1. The topological polar surface area (TPSA) is 113 Å². The zero-order valence-electron chi connectivity index (χ0n) is 18.9. The Morgan fingerprint density at radius 3 is 2.39 bits per heavy atom. The van der Waals surface area contributed by atoms with E-state index in [0.717, 1.165) is 22.6 Å². The number of hydrazone groups is 1. The largest absolute Gasteiger partial charge is 0.497 e. The van der Waals surface area contributed by atoms with Crippen LogP contribution in [-0.4, -0.2) is 69.2 Å². The molecule has 4 rings (SSSR count). The molecule has 0 amide bonds. The van der Waals surface area contributed by atoms with Crippen molar-refractivity contribution in [3.05, 3.63) is 65.7 Å². The van der Waals surface area contributed by atoms with Crippen LogP contribution in [0.25, 0.3) is 0 Å². The van der Waals surface area contributed by atoms with Crippen LogP contribution in [0.3, 0.4) is 0 Å². The molecule has 2 aliphatic heterocycles. The molecule has 2 aromatic rings. The van der Waals surface area contributed by atoms with Crippen LogP contribution in [0, 0.1) is 0 Å². The highest BCUT2D eigenvalue weighted by Crippen LogP contribution is 2.29. The van der Waals surface area contributed by atoms with E-state index < -0.39 is 10.2 Å². The SMILES string of the molecule is CN=C(NS(=O)(=O)N1CCC(N)CC1)N1CC(c2ccccc2)C(c2ccc(OC)cc2)=N1. The first-order valence-electron chi connectivity index (χ1n) is 11.0. The summed E-state index contributed by atoms with van der Waals surface area (Å²) in [5, 5.41) is 6.43. The molecule has 0 spiro atoms. The van der Waals surface area contributed by atoms with E-state index in [-0.39, 0.29) is 17.9 Å². The lowest BCUT2D eigenvalue weighted by Crippen LogP contribution is -2.51. The summed E-state index contributed by atoms with van der Waals surface area (Å²) in [5.74, 6) is 0.901. The van der Waals surface area contributed by atoms with Gasteiger partial charge in [0.05, 0.1) is 19.4 Å². The van der Waals surface area contributed by atoms with Crippen molar-refractivity contribution in [1.82, 2.24) is 14.0 Å². The predicted octanol–water partition coefficient (Wildman–Crippen LogP) is 1.74. The number of piperidine rings is 1. The minimum Gasteiger partial charge on any atom is -0.497 e. The first kappa shape index (κ1) is 23.2. The van der Waals surface area contributed by atoms with Crippen LogP contribution in [-0.2, 0) is 10.2 Å². The van der Waals surface area contributed by atoms with Crippen molar-refractivity contribution in [3.63, 3.8) is 0 Å². The molecule has 33 heavy (non-hydrogen) atoms. The Morgan fingerprint density at radius 2 is 1.79 bits per heavy atom. The maximum absolute atomic E-state index is 13.0. The number of hydrogen-bond donors (Lipinski definition) is 2. The van der Waals surface area contributed by atoms with Gasteiger partial charge in [0.2, 0.25) is 5.96 Å². The Balaban J connectivity index is 1.61. The van der Waals surface area contributed by atoms with E-state index in [2.05, 4.69) is 21.8 Å². The minimum absolute atomic E-state index is 0.0395. The molecule has 9 nitrogen and oxygen atoms in total. The van der Waals surface area contributed by atoms with Crippen molar-refractivity contribution < 1.29 is 13.2 Å². The monoisotopic (exact) mass is 470 g/mol. The lowest BCUT2D eigenvalue weighted by atomic mass is 9.90. The van der Waals surface area contributed by atoms with Gasteiger partial charge in [-0.3, -0.25) is 4.99 Å². The van der Waals surface area contributed by atoms with E-state index in [0.29, 0.717) is 32.5 Å². The highest BCUT2D eigenvalue weighted by atomic mass is 32.2. The van der Waals surface area contributed by atoms with Crippen molar-refractivity contribution in [1.29, 1.82) is 0 Å². The van der Waals surface area contributed by atoms with Gasteiger partial charge in [0.25, 0.3) is 0 Å². The third-order valence-corrected chi connectivity index (χ3v) is 7.50. The lowest BCUT2D eigenvalue weighted by molar-refractivity contribution is 0.317. The van der Waals surface area contributed by atoms with Gasteiger partial charge in [0.15, 0.2) is 0 Å². The van der Waals surface area contributed by atoms with E-state index in [4.69, 9.17) is 15.6 Å². The van der Waals surface area contributed by atoms with Gasteiger partial charge in [-0.15, -0.1) is 0 Å². The molecule has 0 aromatic heterocycles. The summed E-state index contributed by atoms with van der Waals surface area (Å²) in [6.45, 7) is 1.24. The third kappa shape index (κ3) is 5.18. The maximum atomic E-state index is 13.0. The molecule has 1 unspecified atom stereocenters. The summed E-state index contributed by atoms with van der Waals surface area (Å²) in [5.41, 5.74) is 8.80. The molecule has 0 bridgehead atoms. The summed E-state index contributed by atoms with van der Waals surface area (Å²) in [6, 6.07) is 17.8. The Morgan fingerprint density at radius 1 is 1.12 bits per heavy atom. The number of rotatable bonds is 5. The van der Waals surface area contributed by atoms with Crippen molar-refractivity contribution >= 4 is 21.9 Å². The average Bonchev–Trinajstić information content (AvgIpc) is 3.29. The zero-order chi connectivity index (χ0) is 23.4. The van der Waals surface area contributed by atoms with Crippen LogP contribution in [0.2, 0.25) is 0 Å². The summed E-state index contributed by atoms with van der Waals surface area (Å²) >= 11 is 0. The second kappa shape index (κ2) is 9.90. The van der Waals surface area contributed by atoms with Crippen LogP contribution >= 0.6 is 0 Å². The van der Waals surface area contributed by atoms with E-state index in [1.807, 2.05) is 42.5 Å². The minimum atomic E-state index is -3.76. The van der Waals surface area contributed by atoms with Gasteiger partial charge in [-0.2, -0.15) is 17.8 Å². The summed E-state index contributed by atoms with van der Waals surface area (Å²) in [7, 11) is -0.574. The Bertz CT molecular complexity index is 1110. The Hall–Kier alpha value is -2.95. The lowest BCUT2D eigenvalue weighted by Gasteiger charge is -2.30. The molecule has 0 saturated carbocycles. The first-order valence-corrected chi connectivity index (χ1v) is 12.4. The number of hydrogen-bond acceptors (Lipinski definition) is 6. The summed E-state index contributed by atoms with van der Waals surface area (Å²) in [6.07, 6.45) is 1.28. The number of ether oxygens (including phenoxy) is 1. The van der Waals surface area contributed by atoms with Gasteiger partial charge < -0.3 is 10.5 Å². The molecule has 10 heteroatoms. The fourth-order valence-electron chi connectivity index (χ4n) is 4.11. The molecule has 1 fully saturated rings. The van der Waals surface area contributed by atoms with Crippen LogP contribution in [0.1, 0.15) is 29.9 Å². The van der Waals surface area contributed by atoms with Gasteiger partial charge in [-0.1, -0.05) is 30.3 Å². The van der Waals surface area contributed by atoms with E-state index in [1.165, 1.54) is 4.31 Å². The number of aliphatic imine (C=N–C) groups is 1. The molecule has 1 saturated heterocycles.